The summed E-state index contributed by atoms with van der Waals surface area (Å²) in [5.74, 6) is -7.08. The van der Waals surface area contributed by atoms with Gasteiger partial charge in [0.2, 0.25) is 0 Å². The van der Waals surface area contributed by atoms with Crippen LogP contribution in [0.25, 0.3) is 22.3 Å². The summed E-state index contributed by atoms with van der Waals surface area (Å²) in [6, 6.07) is 6.73. The van der Waals surface area contributed by atoms with E-state index in [4.69, 9.17) is 0 Å². The lowest BCUT2D eigenvalue weighted by Crippen LogP contribution is -2.54. The Kier molecular flexibility index (Phi) is 14.5. The van der Waals surface area contributed by atoms with E-state index in [0.29, 0.717) is 12.5 Å². The maximum Gasteiger partial charge on any atom is 0.430 e. The van der Waals surface area contributed by atoms with Gasteiger partial charge in [-0.1, -0.05) is 39.0 Å². The van der Waals surface area contributed by atoms with Gasteiger partial charge >= 0.3 is 36.6 Å². The predicted octanol–water partition coefficient (Wildman–Crippen LogP) is 11.0. The summed E-state index contributed by atoms with van der Waals surface area (Å²) in [5.41, 5.74) is -23.3. The number of hydrogen-bond acceptors (Lipinski definition) is 6. The van der Waals surface area contributed by atoms with Crippen LogP contribution in [0.2, 0.25) is 0 Å². The Balaban J connectivity index is 2.00. The molecule has 0 aliphatic heterocycles. The first-order chi connectivity index (χ1) is 30.1. The van der Waals surface area contributed by atoms with Crippen LogP contribution in [0.5, 0.6) is 0 Å². The number of carbonyl (C=O) groups is 4. The highest BCUT2D eigenvalue weighted by Crippen LogP contribution is 2.55. The monoisotopic (exact) mass is 952 g/mol. The van der Waals surface area contributed by atoms with Crippen molar-refractivity contribution in [3.63, 3.8) is 0 Å². The van der Waals surface area contributed by atoms with E-state index < -0.39 is 121 Å². The maximum absolute atomic E-state index is 14.6. The average Bonchev–Trinajstić information content (AvgIpc) is 3.20. The van der Waals surface area contributed by atoms with Crippen LogP contribution in [0.15, 0.2) is 60.7 Å². The first kappa shape index (κ1) is 52.5. The Hall–Kier alpha value is -6.16. The number of aryl methyl sites for hydroxylation is 2. The molecule has 2 unspecified atom stereocenters. The molecule has 0 spiro atoms. The summed E-state index contributed by atoms with van der Waals surface area (Å²) in [5, 5.41) is 45.4. The van der Waals surface area contributed by atoms with Crippen molar-refractivity contribution in [2.24, 2.45) is 0 Å². The third-order valence-electron chi connectivity index (χ3n) is 11.2. The van der Waals surface area contributed by atoms with Crippen molar-refractivity contribution in [3.05, 3.63) is 111 Å². The van der Waals surface area contributed by atoms with Gasteiger partial charge in [0.05, 0.1) is 22.3 Å². The summed E-state index contributed by atoms with van der Waals surface area (Å²) in [4.78, 5) is 51.1. The summed E-state index contributed by atoms with van der Waals surface area (Å²) >= 11 is 0. The van der Waals surface area contributed by atoms with Gasteiger partial charge in [0.1, 0.15) is 0 Å². The fourth-order valence-corrected chi connectivity index (χ4v) is 7.09. The van der Waals surface area contributed by atoms with Crippen LogP contribution < -0.4 is 10.6 Å². The first-order valence-electron chi connectivity index (χ1n) is 19.5. The number of aliphatic hydroxyl groups is 2. The number of amides is 2. The molecule has 4 rings (SSSR count). The second kappa shape index (κ2) is 18.3. The van der Waals surface area contributed by atoms with Gasteiger partial charge in [-0.2, -0.15) is 52.7 Å². The van der Waals surface area contributed by atoms with E-state index in [-0.39, 0.29) is 46.8 Å². The van der Waals surface area contributed by atoms with Crippen molar-refractivity contribution in [1.82, 2.24) is 5.32 Å². The SMILES string of the molecule is CCC(C)NC(=O)c1ccc(-c2ccc(C(=O)Nc3cc(C)c(-c4cc(C(O)(C(F)(F)F)C(F)(F)F)c(C(C)CC)cc4C)cc3C(O)(C(F)(F)F)C(F)(F)F)c(C(=O)O)c2)cc1C(=O)O. The Morgan fingerprint density at radius 2 is 0.939 bits per heavy atom. The molecule has 6 N–H and O–H groups in total. The fraction of sp³-hybridized carbons (Fsp3) is 0.364. The summed E-state index contributed by atoms with van der Waals surface area (Å²) in [6.07, 6.45) is -26.0. The number of anilines is 1. The van der Waals surface area contributed by atoms with Gasteiger partial charge in [-0.05, 0) is 121 Å². The van der Waals surface area contributed by atoms with E-state index in [0.717, 1.165) is 50.2 Å². The van der Waals surface area contributed by atoms with E-state index >= 15 is 0 Å². The zero-order valence-corrected chi connectivity index (χ0v) is 35.3. The Morgan fingerprint density at radius 1 is 0.545 bits per heavy atom. The molecule has 0 radical (unpaired) electrons. The van der Waals surface area contributed by atoms with Crippen molar-refractivity contribution in [3.8, 4) is 22.3 Å². The minimum Gasteiger partial charge on any atom is -0.478 e. The molecule has 0 aromatic heterocycles. The van der Waals surface area contributed by atoms with Crippen molar-refractivity contribution >= 4 is 29.4 Å². The second-order valence-electron chi connectivity index (χ2n) is 15.6. The maximum atomic E-state index is 14.6. The van der Waals surface area contributed by atoms with Gasteiger partial charge < -0.3 is 31.1 Å². The molecule has 2 amide bonds. The van der Waals surface area contributed by atoms with E-state index in [1.807, 2.05) is 0 Å². The highest BCUT2D eigenvalue weighted by Gasteiger charge is 2.73. The molecule has 0 aliphatic rings. The van der Waals surface area contributed by atoms with Crippen molar-refractivity contribution in [1.29, 1.82) is 0 Å². The zero-order valence-electron chi connectivity index (χ0n) is 35.3. The highest BCUT2D eigenvalue weighted by atomic mass is 19.4. The largest absolute Gasteiger partial charge is 0.478 e. The van der Waals surface area contributed by atoms with Gasteiger partial charge in [0, 0.05) is 22.9 Å². The molecular weight excluding hydrogens is 912 g/mol. The lowest BCUT2D eigenvalue weighted by atomic mass is 9.79. The molecule has 0 heterocycles. The Morgan fingerprint density at radius 3 is 1.33 bits per heavy atom. The molecule has 2 atom stereocenters. The number of nitrogens with one attached hydrogen (secondary N) is 2. The lowest BCUT2D eigenvalue weighted by Gasteiger charge is -2.36. The predicted molar refractivity (Wildman–Crippen MR) is 213 cm³/mol. The second-order valence-corrected chi connectivity index (χ2v) is 15.6. The molecule has 0 fully saturated rings. The quantitative estimate of drug-likeness (QED) is 0.0719. The van der Waals surface area contributed by atoms with Gasteiger partial charge in [0.25, 0.3) is 23.0 Å². The fourth-order valence-electron chi connectivity index (χ4n) is 7.09. The minimum atomic E-state index is -6.71. The molecule has 0 aliphatic carbocycles. The zero-order chi connectivity index (χ0) is 50.4. The van der Waals surface area contributed by atoms with Gasteiger partial charge in [-0.3, -0.25) is 9.59 Å². The highest BCUT2D eigenvalue weighted by molar-refractivity contribution is 6.12. The minimum absolute atomic E-state index is 0.0320. The van der Waals surface area contributed by atoms with E-state index in [1.54, 1.807) is 19.2 Å². The first-order valence-corrected chi connectivity index (χ1v) is 19.5. The van der Waals surface area contributed by atoms with E-state index in [2.05, 4.69) is 5.32 Å². The number of halogens is 12. The van der Waals surface area contributed by atoms with Crippen molar-refractivity contribution in [2.75, 3.05) is 5.32 Å². The topological polar surface area (TPSA) is 173 Å². The molecule has 4 aromatic rings. The number of benzene rings is 4. The van der Waals surface area contributed by atoms with E-state index in [9.17, 15) is 92.3 Å². The molecule has 0 saturated heterocycles. The van der Waals surface area contributed by atoms with Crippen LogP contribution in [-0.4, -0.2) is 74.9 Å². The van der Waals surface area contributed by atoms with Crippen LogP contribution in [0.4, 0.5) is 58.4 Å². The van der Waals surface area contributed by atoms with Crippen LogP contribution in [0.3, 0.4) is 0 Å². The van der Waals surface area contributed by atoms with Crippen LogP contribution in [0.1, 0.15) is 116 Å². The number of carbonyl (C=O) groups excluding carboxylic acids is 2. The van der Waals surface area contributed by atoms with Crippen molar-refractivity contribution < 1.29 is 92.3 Å². The number of carboxylic acids is 2. The van der Waals surface area contributed by atoms with Crippen LogP contribution >= 0.6 is 0 Å². The van der Waals surface area contributed by atoms with Crippen LogP contribution in [-0.2, 0) is 11.2 Å². The smallest absolute Gasteiger partial charge is 0.430 e. The summed E-state index contributed by atoms with van der Waals surface area (Å²) < 4.78 is 173. The molecule has 10 nitrogen and oxygen atoms in total. The molecule has 22 heteroatoms. The van der Waals surface area contributed by atoms with Gasteiger partial charge in [-0.15, -0.1) is 0 Å². The molecule has 0 bridgehead atoms. The lowest BCUT2D eigenvalue weighted by molar-refractivity contribution is -0.376. The van der Waals surface area contributed by atoms with Gasteiger partial charge in [-0.25, -0.2) is 9.59 Å². The summed E-state index contributed by atoms with van der Waals surface area (Å²) in [6.45, 7) is 7.96. The molecule has 66 heavy (non-hydrogen) atoms. The molecule has 4 aromatic carbocycles. The molecular formula is C44H40F12N2O8. The van der Waals surface area contributed by atoms with E-state index in [1.165, 1.54) is 19.9 Å². The van der Waals surface area contributed by atoms with Crippen molar-refractivity contribution in [2.45, 2.75) is 102 Å². The average molecular weight is 953 g/mol. The standard InChI is InChI=1S/C44H40F12N2O8/c1-7-19(3)29-13-20(4)27(17-32(29)39(65,41(45,46)47)42(48,49)50)28-18-33(40(66,43(51,52)53)44(54,55)56)34(14-21(28)5)58-36(60)26-12-10-24(16-31(26)38(63)64)23-9-11-25(30(15-23)37(61)62)35(59)57-22(6)8-2/h9-19,22,65-66H,7-8H2,1-6H3,(H,57,59)(H,58,60)(H,61,62)(H,63,64). The third-order valence-corrected chi connectivity index (χ3v) is 11.2. The number of aromatic carboxylic acids is 2. The van der Waals surface area contributed by atoms with Gasteiger partial charge in [0.15, 0.2) is 0 Å². The Labute approximate surface area is 367 Å². The Bertz CT molecular complexity index is 2540. The number of carboxylic acid groups (broad SMARTS) is 2. The molecule has 358 valence electrons. The molecule has 0 saturated carbocycles. The third kappa shape index (κ3) is 9.56. The number of rotatable bonds is 13. The number of hydrogen-bond donors (Lipinski definition) is 6. The van der Waals surface area contributed by atoms with Crippen LogP contribution in [0, 0.1) is 13.8 Å². The normalized spacial score (nSPS) is 13.8. The number of alkyl halides is 12. The summed E-state index contributed by atoms with van der Waals surface area (Å²) in [7, 11) is 0.